The molecular weight excluding hydrogens is 329 g/mol. The van der Waals surface area contributed by atoms with Gasteiger partial charge in [-0.1, -0.05) is 0 Å². The molecule has 2 aromatic rings. The number of carbonyl (C=O) groups excluding carboxylic acids is 1. The predicted octanol–water partition coefficient (Wildman–Crippen LogP) is 2.41. The van der Waals surface area contributed by atoms with Crippen LogP contribution >= 0.6 is 0 Å². The van der Waals surface area contributed by atoms with Gasteiger partial charge in [0.05, 0.1) is 16.8 Å². The van der Waals surface area contributed by atoms with E-state index >= 15 is 0 Å². The van der Waals surface area contributed by atoms with E-state index in [0.29, 0.717) is 5.59 Å². The van der Waals surface area contributed by atoms with Crippen LogP contribution in [0.3, 0.4) is 0 Å². The van der Waals surface area contributed by atoms with Crippen LogP contribution < -0.4 is 11.3 Å². The molecule has 0 amide bonds. The fourth-order valence-electron chi connectivity index (χ4n) is 2.55. The van der Waals surface area contributed by atoms with Crippen LogP contribution in [0.15, 0.2) is 24.4 Å². The third-order valence-electron chi connectivity index (χ3n) is 4.85. The van der Waals surface area contributed by atoms with Gasteiger partial charge in [0.15, 0.2) is 11.6 Å². The van der Waals surface area contributed by atoms with Crippen LogP contribution in [0.1, 0.15) is 43.6 Å². The maximum absolute atomic E-state index is 14.1. The van der Waals surface area contributed by atoms with Gasteiger partial charge in [-0.3, -0.25) is 4.79 Å². The third kappa shape index (κ3) is 2.85. The number of rotatable bonds is 3. The molecule has 1 saturated heterocycles. The summed E-state index contributed by atoms with van der Waals surface area (Å²) in [7, 11) is -0.672. The SMILES string of the molecule is CC1(C)OB(c2cc(C(=O)c3ccc(F)c(N)c3F)c[nH]2)OC1(C)C. The molecule has 1 aromatic carbocycles. The number of nitrogens with two attached hydrogens (primary N) is 1. The molecular formula is C17H19BF2N2O3. The predicted molar refractivity (Wildman–Crippen MR) is 90.7 cm³/mol. The summed E-state index contributed by atoms with van der Waals surface area (Å²) in [6, 6.07) is 3.57. The molecule has 0 spiro atoms. The van der Waals surface area contributed by atoms with Crippen LogP contribution in [0.5, 0.6) is 0 Å². The van der Waals surface area contributed by atoms with E-state index in [9.17, 15) is 13.6 Å². The van der Waals surface area contributed by atoms with Crippen molar-refractivity contribution in [2.75, 3.05) is 5.73 Å². The maximum atomic E-state index is 14.1. The summed E-state index contributed by atoms with van der Waals surface area (Å²) in [6.07, 6.45) is 1.43. The Labute approximate surface area is 144 Å². The summed E-state index contributed by atoms with van der Waals surface area (Å²) < 4.78 is 39.1. The van der Waals surface area contributed by atoms with Crippen molar-refractivity contribution in [1.82, 2.24) is 4.98 Å². The fraction of sp³-hybridized carbons (Fsp3) is 0.353. The fourth-order valence-corrected chi connectivity index (χ4v) is 2.55. The number of halogens is 2. The smallest absolute Gasteiger partial charge is 0.398 e. The molecule has 0 bridgehead atoms. The minimum atomic E-state index is -1.07. The minimum Gasteiger partial charge on any atom is -0.398 e. The summed E-state index contributed by atoms with van der Waals surface area (Å²) in [6.45, 7) is 7.66. The number of ketones is 1. The lowest BCUT2D eigenvalue weighted by Crippen LogP contribution is -2.41. The lowest BCUT2D eigenvalue weighted by Gasteiger charge is -2.32. The van der Waals surface area contributed by atoms with Crippen molar-refractivity contribution in [3.8, 4) is 0 Å². The van der Waals surface area contributed by atoms with Gasteiger partial charge in [0.1, 0.15) is 11.5 Å². The Morgan fingerprint density at radius 1 is 1.16 bits per heavy atom. The van der Waals surface area contributed by atoms with Crippen LogP contribution in [0.4, 0.5) is 14.5 Å². The quantitative estimate of drug-likeness (QED) is 0.507. The Morgan fingerprint density at radius 2 is 1.76 bits per heavy atom. The first-order valence-corrected chi connectivity index (χ1v) is 7.85. The second kappa shape index (κ2) is 5.67. The van der Waals surface area contributed by atoms with E-state index in [1.165, 1.54) is 12.3 Å². The van der Waals surface area contributed by atoms with Gasteiger partial charge in [-0.2, -0.15) is 0 Å². The lowest BCUT2D eigenvalue weighted by atomic mass is 9.84. The number of nitrogen functional groups attached to an aromatic ring is 1. The first-order valence-electron chi connectivity index (χ1n) is 7.85. The molecule has 2 heterocycles. The van der Waals surface area contributed by atoms with Crippen LogP contribution in [0, 0.1) is 11.6 Å². The monoisotopic (exact) mass is 348 g/mol. The molecule has 0 aliphatic carbocycles. The highest BCUT2D eigenvalue weighted by Crippen LogP contribution is 2.36. The second-order valence-electron chi connectivity index (χ2n) is 7.08. The number of hydrogen-bond donors (Lipinski definition) is 2. The van der Waals surface area contributed by atoms with Crippen molar-refractivity contribution in [2.45, 2.75) is 38.9 Å². The summed E-state index contributed by atoms with van der Waals surface area (Å²) in [5.41, 5.74) is 4.04. The van der Waals surface area contributed by atoms with Crippen molar-refractivity contribution in [3.63, 3.8) is 0 Å². The van der Waals surface area contributed by atoms with Crippen molar-refractivity contribution in [2.24, 2.45) is 0 Å². The largest absolute Gasteiger partial charge is 0.512 e. The lowest BCUT2D eigenvalue weighted by molar-refractivity contribution is 0.00578. The molecule has 1 aliphatic rings. The molecule has 3 N–H and O–H groups in total. The van der Waals surface area contributed by atoms with Crippen molar-refractivity contribution in [3.05, 3.63) is 47.2 Å². The van der Waals surface area contributed by atoms with E-state index in [4.69, 9.17) is 15.0 Å². The van der Waals surface area contributed by atoms with Crippen LogP contribution in [-0.2, 0) is 9.31 Å². The number of hydrogen-bond acceptors (Lipinski definition) is 4. The number of aromatic nitrogens is 1. The number of carbonyl (C=O) groups is 1. The second-order valence-corrected chi connectivity index (χ2v) is 7.08. The zero-order chi connectivity index (χ0) is 18.6. The summed E-state index contributed by atoms with van der Waals surface area (Å²) in [4.78, 5) is 15.4. The molecule has 1 aromatic heterocycles. The highest BCUT2D eigenvalue weighted by atomic mass is 19.1. The number of nitrogens with one attached hydrogen (secondary N) is 1. The Bertz CT molecular complexity index is 832. The summed E-state index contributed by atoms with van der Waals surface area (Å²) >= 11 is 0. The topological polar surface area (TPSA) is 77.3 Å². The molecule has 0 unspecified atom stereocenters. The number of anilines is 1. The molecule has 5 nitrogen and oxygen atoms in total. The van der Waals surface area contributed by atoms with Gasteiger partial charge in [-0.05, 0) is 45.9 Å². The Hall–Kier alpha value is -2.19. The zero-order valence-corrected chi connectivity index (χ0v) is 14.4. The van der Waals surface area contributed by atoms with Gasteiger partial charge in [-0.15, -0.1) is 0 Å². The highest BCUT2D eigenvalue weighted by molar-refractivity contribution is 6.61. The molecule has 1 fully saturated rings. The van der Waals surface area contributed by atoms with Crippen LogP contribution in [0.25, 0.3) is 0 Å². The molecule has 25 heavy (non-hydrogen) atoms. The number of benzene rings is 1. The highest BCUT2D eigenvalue weighted by Gasteiger charge is 2.52. The average Bonchev–Trinajstić information content (AvgIpc) is 3.08. The average molecular weight is 348 g/mol. The molecule has 8 heteroatoms. The standard InChI is InChI=1S/C17H19BF2N2O3/c1-16(2)17(3,4)25-18(24-16)12-7-9(8-22-12)15(23)10-5-6-11(19)14(21)13(10)20/h5-8,22H,21H2,1-4H3. The number of H-pyrrole nitrogens is 1. The first kappa shape index (κ1) is 17.6. The molecule has 3 rings (SSSR count). The Balaban J connectivity index is 1.88. The van der Waals surface area contributed by atoms with Crippen molar-refractivity contribution < 1.29 is 22.9 Å². The van der Waals surface area contributed by atoms with Gasteiger partial charge in [0.2, 0.25) is 0 Å². The summed E-state index contributed by atoms with van der Waals surface area (Å²) in [5, 5.41) is 0. The first-order chi connectivity index (χ1) is 11.5. The Morgan fingerprint density at radius 3 is 2.36 bits per heavy atom. The number of aromatic amines is 1. The van der Waals surface area contributed by atoms with Crippen molar-refractivity contribution >= 4 is 24.2 Å². The molecule has 0 atom stereocenters. The zero-order valence-electron chi connectivity index (χ0n) is 14.4. The van der Waals surface area contributed by atoms with E-state index in [1.54, 1.807) is 0 Å². The van der Waals surface area contributed by atoms with Crippen LogP contribution in [0.2, 0.25) is 0 Å². The van der Waals surface area contributed by atoms with E-state index in [-0.39, 0.29) is 11.1 Å². The van der Waals surface area contributed by atoms with Crippen LogP contribution in [-0.4, -0.2) is 29.1 Å². The van der Waals surface area contributed by atoms with E-state index in [0.717, 1.165) is 12.1 Å². The molecule has 0 saturated carbocycles. The van der Waals surface area contributed by atoms with E-state index < -0.39 is 41.4 Å². The minimum absolute atomic E-state index is 0.203. The Kier molecular flexibility index (Phi) is 4.00. The maximum Gasteiger partial charge on any atom is 0.512 e. The third-order valence-corrected chi connectivity index (χ3v) is 4.85. The normalized spacial score (nSPS) is 18.6. The molecule has 1 aliphatic heterocycles. The van der Waals surface area contributed by atoms with Gasteiger partial charge in [-0.25, -0.2) is 8.78 Å². The van der Waals surface area contributed by atoms with E-state index in [1.807, 2.05) is 27.7 Å². The molecule has 132 valence electrons. The van der Waals surface area contributed by atoms with Gasteiger partial charge in [0, 0.05) is 17.4 Å². The van der Waals surface area contributed by atoms with Gasteiger partial charge >= 0.3 is 7.12 Å². The van der Waals surface area contributed by atoms with Gasteiger partial charge in [0.25, 0.3) is 0 Å². The summed E-state index contributed by atoms with van der Waals surface area (Å²) in [5.74, 6) is -2.58. The van der Waals surface area contributed by atoms with Gasteiger partial charge < -0.3 is 20.0 Å². The molecule has 0 radical (unpaired) electrons. The van der Waals surface area contributed by atoms with Crippen molar-refractivity contribution in [1.29, 1.82) is 0 Å². The van der Waals surface area contributed by atoms with E-state index in [2.05, 4.69) is 4.98 Å².